The van der Waals surface area contributed by atoms with Gasteiger partial charge in [-0.3, -0.25) is 4.79 Å². The first-order chi connectivity index (χ1) is 9.70. The van der Waals surface area contributed by atoms with Gasteiger partial charge in [0.05, 0.1) is 4.90 Å². The summed E-state index contributed by atoms with van der Waals surface area (Å²) in [6.45, 7) is 5.32. The van der Waals surface area contributed by atoms with Crippen LogP contribution in [0.25, 0.3) is 0 Å². The largest absolute Gasteiger partial charge is 0.339 e. The fraction of sp³-hybridized carbons (Fsp3) is 0.500. The van der Waals surface area contributed by atoms with Crippen LogP contribution in [-0.4, -0.2) is 32.3 Å². The maximum Gasteiger partial charge on any atom is 0.262 e. The van der Waals surface area contributed by atoms with Gasteiger partial charge in [-0.05, 0) is 59.3 Å². The molecule has 1 aromatic carbocycles. The summed E-state index contributed by atoms with van der Waals surface area (Å²) in [6, 6.07) is 3.04. The van der Waals surface area contributed by atoms with Crippen LogP contribution in [0.1, 0.15) is 35.7 Å². The number of rotatable bonds is 2. The Kier molecular flexibility index (Phi) is 5.00. The molecule has 4 nitrogen and oxygen atoms in total. The minimum atomic E-state index is -3.90. The molecule has 0 aliphatic carbocycles. The minimum Gasteiger partial charge on any atom is -0.339 e. The number of hydrogen-bond donors (Lipinski definition) is 0. The van der Waals surface area contributed by atoms with Gasteiger partial charge < -0.3 is 4.90 Å². The van der Waals surface area contributed by atoms with Crippen molar-refractivity contribution < 1.29 is 13.2 Å². The molecule has 7 heteroatoms. The van der Waals surface area contributed by atoms with E-state index in [4.69, 9.17) is 10.7 Å². The average Bonchev–Trinajstić information content (AvgIpc) is 2.40. The standard InChI is InChI=1S/C14H17BrClNO3S/c1-9-3-5-17(6-4-9)14(18)11-7-10(2)13(15)12(8-11)21(16,19)20/h7-9H,3-6H2,1-2H3. The molecule has 2 rings (SSSR count). The van der Waals surface area contributed by atoms with Crippen molar-refractivity contribution >= 4 is 41.6 Å². The van der Waals surface area contributed by atoms with E-state index in [1.165, 1.54) is 6.07 Å². The summed E-state index contributed by atoms with van der Waals surface area (Å²) in [4.78, 5) is 14.2. The smallest absolute Gasteiger partial charge is 0.262 e. The van der Waals surface area contributed by atoms with E-state index in [1.807, 2.05) is 0 Å². The second-order valence-corrected chi connectivity index (χ2v) is 8.85. The van der Waals surface area contributed by atoms with E-state index in [1.54, 1.807) is 17.9 Å². The Morgan fingerprint density at radius 2 is 1.90 bits per heavy atom. The van der Waals surface area contributed by atoms with Crippen LogP contribution in [0, 0.1) is 12.8 Å². The van der Waals surface area contributed by atoms with Crippen molar-refractivity contribution in [3.63, 3.8) is 0 Å². The Morgan fingerprint density at radius 1 is 1.33 bits per heavy atom. The number of carbonyl (C=O) groups excluding carboxylic acids is 1. The molecule has 0 aromatic heterocycles. The van der Waals surface area contributed by atoms with Gasteiger partial charge >= 0.3 is 0 Å². The molecule has 1 fully saturated rings. The quantitative estimate of drug-likeness (QED) is 0.721. The normalized spacial score (nSPS) is 17.0. The fourth-order valence-electron chi connectivity index (χ4n) is 2.43. The Bertz CT molecular complexity index is 667. The molecule has 0 atom stereocenters. The van der Waals surface area contributed by atoms with Gasteiger partial charge in [0.1, 0.15) is 0 Å². The highest BCUT2D eigenvalue weighted by molar-refractivity contribution is 9.10. The number of likely N-dealkylation sites (tertiary alicyclic amines) is 1. The molecule has 1 saturated heterocycles. The molecule has 1 aliphatic heterocycles. The Hall–Kier alpha value is -0.590. The van der Waals surface area contributed by atoms with Crippen molar-refractivity contribution in [2.24, 2.45) is 5.92 Å². The van der Waals surface area contributed by atoms with Gasteiger partial charge in [-0.2, -0.15) is 0 Å². The van der Waals surface area contributed by atoms with Gasteiger partial charge in [-0.15, -0.1) is 0 Å². The van der Waals surface area contributed by atoms with Gasteiger partial charge in [-0.25, -0.2) is 8.42 Å². The molecule has 0 radical (unpaired) electrons. The highest BCUT2D eigenvalue weighted by Gasteiger charge is 2.24. The van der Waals surface area contributed by atoms with Crippen LogP contribution in [0.4, 0.5) is 0 Å². The number of nitrogens with zero attached hydrogens (tertiary/aromatic N) is 1. The molecule has 0 bridgehead atoms. The second kappa shape index (κ2) is 6.26. The monoisotopic (exact) mass is 393 g/mol. The van der Waals surface area contributed by atoms with Crippen LogP contribution < -0.4 is 0 Å². The summed E-state index contributed by atoms with van der Waals surface area (Å²) in [5.74, 6) is 0.485. The van der Waals surface area contributed by atoms with E-state index in [-0.39, 0.29) is 10.8 Å². The lowest BCUT2D eigenvalue weighted by atomic mass is 9.98. The van der Waals surface area contributed by atoms with Gasteiger partial charge in [0.2, 0.25) is 0 Å². The van der Waals surface area contributed by atoms with Crippen LogP contribution in [0.15, 0.2) is 21.5 Å². The van der Waals surface area contributed by atoms with E-state index in [2.05, 4.69) is 22.9 Å². The zero-order valence-electron chi connectivity index (χ0n) is 11.9. The maximum absolute atomic E-state index is 12.5. The third-order valence-corrected chi connectivity index (χ3v) is 6.46. The molecule has 0 spiro atoms. The Balaban J connectivity index is 2.36. The zero-order chi connectivity index (χ0) is 15.8. The van der Waals surface area contributed by atoms with Crippen molar-refractivity contribution in [1.29, 1.82) is 0 Å². The first-order valence-corrected chi connectivity index (χ1v) is 9.84. The second-order valence-electron chi connectivity index (χ2n) is 5.52. The van der Waals surface area contributed by atoms with E-state index in [0.717, 1.165) is 12.8 Å². The predicted molar refractivity (Wildman–Crippen MR) is 86.2 cm³/mol. The highest BCUT2D eigenvalue weighted by atomic mass is 79.9. The van der Waals surface area contributed by atoms with Crippen LogP contribution in [0.3, 0.4) is 0 Å². The number of amides is 1. The molecule has 21 heavy (non-hydrogen) atoms. The lowest BCUT2D eigenvalue weighted by Gasteiger charge is -2.30. The van der Waals surface area contributed by atoms with Crippen LogP contribution in [0.5, 0.6) is 0 Å². The first kappa shape index (κ1) is 16.8. The van der Waals surface area contributed by atoms with E-state index in [9.17, 15) is 13.2 Å². The summed E-state index contributed by atoms with van der Waals surface area (Å²) >= 11 is 3.21. The van der Waals surface area contributed by atoms with E-state index >= 15 is 0 Å². The van der Waals surface area contributed by atoms with Crippen molar-refractivity contribution in [1.82, 2.24) is 4.90 Å². The van der Waals surface area contributed by atoms with Crippen LogP contribution in [-0.2, 0) is 9.05 Å². The molecule has 1 aromatic rings. The number of benzene rings is 1. The molecule has 1 heterocycles. The van der Waals surface area contributed by atoms with Crippen LogP contribution >= 0.6 is 26.6 Å². The van der Waals surface area contributed by atoms with Gasteiger partial charge in [0.15, 0.2) is 0 Å². The number of hydrogen-bond acceptors (Lipinski definition) is 3. The van der Waals surface area contributed by atoms with Gasteiger partial charge in [0, 0.05) is 33.8 Å². The van der Waals surface area contributed by atoms with Crippen LogP contribution in [0.2, 0.25) is 0 Å². The fourth-order valence-corrected chi connectivity index (χ4v) is 4.59. The van der Waals surface area contributed by atoms with E-state index < -0.39 is 9.05 Å². The molecule has 0 saturated carbocycles. The number of piperidine rings is 1. The Morgan fingerprint density at radius 3 is 2.43 bits per heavy atom. The van der Waals surface area contributed by atoms with Crippen molar-refractivity contribution in [2.75, 3.05) is 13.1 Å². The summed E-state index contributed by atoms with van der Waals surface area (Å²) in [5.41, 5.74) is 1.04. The number of halogens is 2. The minimum absolute atomic E-state index is 0.0575. The van der Waals surface area contributed by atoms with Crippen molar-refractivity contribution in [2.45, 2.75) is 31.6 Å². The van der Waals surface area contributed by atoms with E-state index in [0.29, 0.717) is 34.6 Å². The maximum atomic E-state index is 12.5. The van der Waals surface area contributed by atoms with Gasteiger partial charge in [0.25, 0.3) is 15.0 Å². The molecule has 1 amide bonds. The van der Waals surface area contributed by atoms with Crippen molar-refractivity contribution in [3.8, 4) is 0 Å². The molecule has 0 unspecified atom stereocenters. The van der Waals surface area contributed by atoms with Crippen molar-refractivity contribution in [3.05, 3.63) is 27.7 Å². The lowest BCUT2D eigenvalue weighted by molar-refractivity contribution is 0.0697. The number of carbonyl (C=O) groups is 1. The SMILES string of the molecule is Cc1cc(C(=O)N2CCC(C)CC2)cc(S(=O)(=O)Cl)c1Br. The molecule has 1 aliphatic rings. The number of aryl methyl sites for hydroxylation is 1. The predicted octanol–water partition coefficient (Wildman–Crippen LogP) is 3.56. The molecular weight excluding hydrogens is 378 g/mol. The average molecular weight is 395 g/mol. The first-order valence-electron chi connectivity index (χ1n) is 6.74. The third-order valence-electron chi connectivity index (χ3n) is 3.80. The topological polar surface area (TPSA) is 54.5 Å². The summed E-state index contributed by atoms with van der Waals surface area (Å²) < 4.78 is 23.6. The lowest BCUT2D eigenvalue weighted by Crippen LogP contribution is -2.38. The van der Waals surface area contributed by atoms with Gasteiger partial charge in [-0.1, -0.05) is 6.92 Å². The zero-order valence-corrected chi connectivity index (χ0v) is 15.1. The molecule has 0 N–H and O–H groups in total. The summed E-state index contributed by atoms with van der Waals surface area (Å²) in [7, 11) is 1.54. The Labute approximate surface area is 138 Å². The summed E-state index contributed by atoms with van der Waals surface area (Å²) in [5, 5.41) is 0. The third kappa shape index (κ3) is 3.79. The highest BCUT2D eigenvalue weighted by Crippen LogP contribution is 2.30. The molecule has 116 valence electrons. The summed E-state index contributed by atoms with van der Waals surface area (Å²) in [6.07, 6.45) is 1.95. The molecular formula is C14H17BrClNO3S.